The quantitative estimate of drug-likeness (QED) is 0.719. The second-order valence-corrected chi connectivity index (χ2v) is 9.13. The molecule has 1 amide bonds. The first-order chi connectivity index (χ1) is 13.9. The summed E-state index contributed by atoms with van der Waals surface area (Å²) in [7, 11) is 0. The molecule has 158 valence electrons. The van der Waals surface area contributed by atoms with E-state index in [-0.39, 0.29) is 5.91 Å². The maximum absolute atomic E-state index is 13.3. The van der Waals surface area contributed by atoms with Crippen LogP contribution in [0.4, 0.5) is 0 Å². The molecule has 1 aromatic rings. The number of carbonyl (C=O) groups is 1. The predicted octanol–water partition coefficient (Wildman–Crippen LogP) is 4.54. The maximum atomic E-state index is 13.3. The highest BCUT2D eigenvalue weighted by Crippen LogP contribution is 2.33. The third-order valence-corrected chi connectivity index (χ3v) is 6.62. The summed E-state index contributed by atoms with van der Waals surface area (Å²) in [6.07, 6.45) is 9.04. The van der Waals surface area contributed by atoms with Crippen molar-refractivity contribution in [1.29, 1.82) is 0 Å². The molecule has 0 radical (unpaired) electrons. The van der Waals surface area contributed by atoms with E-state index in [1.807, 2.05) is 24.1 Å². The van der Waals surface area contributed by atoms with E-state index < -0.39 is 0 Å². The average molecular weight is 415 g/mol. The number of thiazole rings is 1. The van der Waals surface area contributed by atoms with Gasteiger partial charge in [0.2, 0.25) is 0 Å². The van der Waals surface area contributed by atoms with Gasteiger partial charge in [0.15, 0.2) is 0 Å². The summed E-state index contributed by atoms with van der Waals surface area (Å²) in [5.41, 5.74) is 4.31. The Balaban J connectivity index is 1.90. The zero-order chi connectivity index (χ0) is 21.0. The maximum Gasteiger partial charge on any atom is 0.255 e. The number of piperazine rings is 1. The number of nitrogens with zero attached hydrogens (tertiary/aromatic N) is 3. The van der Waals surface area contributed by atoms with E-state index >= 15 is 0 Å². The SMILES string of the molecule is CCC/C=C1\CC(C)C(N2CCN[C@@H](C)C2)=CN1C(=O)/C=C(\C)c1nc(C)cs1. The van der Waals surface area contributed by atoms with Crippen molar-refractivity contribution >= 4 is 22.8 Å². The van der Waals surface area contributed by atoms with Gasteiger partial charge in [-0.25, -0.2) is 4.98 Å². The normalized spacial score (nSPS) is 24.8. The summed E-state index contributed by atoms with van der Waals surface area (Å²) >= 11 is 1.59. The molecule has 3 heterocycles. The number of aryl methyl sites for hydroxylation is 1. The lowest BCUT2D eigenvalue weighted by atomic mass is 9.94. The second kappa shape index (κ2) is 9.72. The van der Waals surface area contributed by atoms with Crippen LogP contribution in [-0.2, 0) is 4.79 Å². The van der Waals surface area contributed by atoms with Crippen LogP contribution in [0.3, 0.4) is 0 Å². The molecule has 5 nitrogen and oxygen atoms in total. The van der Waals surface area contributed by atoms with Gasteiger partial charge in [-0.3, -0.25) is 9.69 Å². The molecule has 29 heavy (non-hydrogen) atoms. The molecule has 3 rings (SSSR count). The molecule has 1 fully saturated rings. The molecule has 1 N–H and O–H groups in total. The van der Waals surface area contributed by atoms with Gasteiger partial charge in [0, 0.05) is 66.3 Å². The molecule has 0 spiro atoms. The van der Waals surface area contributed by atoms with Crippen molar-refractivity contribution in [3.63, 3.8) is 0 Å². The van der Waals surface area contributed by atoms with Crippen LogP contribution in [-0.4, -0.2) is 46.4 Å². The molecule has 1 saturated heterocycles. The second-order valence-electron chi connectivity index (χ2n) is 8.27. The van der Waals surface area contributed by atoms with Gasteiger partial charge < -0.3 is 10.2 Å². The van der Waals surface area contributed by atoms with Crippen molar-refractivity contribution in [2.24, 2.45) is 5.92 Å². The van der Waals surface area contributed by atoms with Crippen LogP contribution < -0.4 is 5.32 Å². The highest BCUT2D eigenvalue weighted by atomic mass is 32.1. The minimum absolute atomic E-state index is 0.0188. The monoisotopic (exact) mass is 414 g/mol. The van der Waals surface area contributed by atoms with Crippen molar-refractivity contribution < 1.29 is 4.79 Å². The van der Waals surface area contributed by atoms with Crippen molar-refractivity contribution in [1.82, 2.24) is 20.1 Å². The number of aromatic nitrogens is 1. The number of nitrogens with one attached hydrogen (secondary N) is 1. The first kappa shape index (κ1) is 21.8. The lowest BCUT2D eigenvalue weighted by Gasteiger charge is -2.41. The smallest absolute Gasteiger partial charge is 0.255 e. The van der Waals surface area contributed by atoms with E-state index in [1.54, 1.807) is 17.4 Å². The van der Waals surface area contributed by atoms with Crippen LogP contribution >= 0.6 is 11.3 Å². The topological polar surface area (TPSA) is 48.5 Å². The summed E-state index contributed by atoms with van der Waals surface area (Å²) in [6.45, 7) is 13.6. The number of carbonyl (C=O) groups excluding carboxylic acids is 1. The molecule has 0 aliphatic carbocycles. The van der Waals surface area contributed by atoms with E-state index in [2.05, 4.69) is 48.2 Å². The summed E-state index contributed by atoms with van der Waals surface area (Å²) in [4.78, 5) is 22.1. The van der Waals surface area contributed by atoms with Crippen LogP contribution in [0.2, 0.25) is 0 Å². The van der Waals surface area contributed by atoms with Gasteiger partial charge in [-0.1, -0.05) is 26.3 Å². The van der Waals surface area contributed by atoms with E-state index in [0.29, 0.717) is 12.0 Å². The van der Waals surface area contributed by atoms with Gasteiger partial charge in [0.1, 0.15) is 5.01 Å². The highest BCUT2D eigenvalue weighted by molar-refractivity contribution is 7.10. The number of rotatable bonds is 5. The molecular weight excluding hydrogens is 380 g/mol. The Morgan fingerprint density at radius 2 is 2.21 bits per heavy atom. The number of unbranched alkanes of at least 4 members (excludes halogenated alkanes) is 1. The van der Waals surface area contributed by atoms with Crippen LogP contribution in [0, 0.1) is 12.8 Å². The van der Waals surface area contributed by atoms with E-state index in [9.17, 15) is 4.79 Å². The summed E-state index contributed by atoms with van der Waals surface area (Å²) in [5.74, 6) is 0.435. The molecule has 0 bridgehead atoms. The Morgan fingerprint density at radius 3 is 2.86 bits per heavy atom. The summed E-state index contributed by atoms with van der Waals surface area (Å²) in [6, 6.07) is 0.466. The first-order valence-electron chi connectivity index (χ1n) is 10.7. The number of amides is 1. The van der Waals surface area contributed by atoms with Crippen LogP contribution in [0.15, 0.2) is 35.1 Å². The van der Waals surface area contributed by atoms with Crippen molar-refractivity contribution in [2.75, 3.05) is 19.6 Å². The zero-order valence-corrected chi connectivity index (χ0v) is 19.2. The fourth-order valence-corrected chi connectivity index (χ4v) is 4.74. The van der Waals surface area contributed by atoms with Crippen LogP contribution in [0.1, 0.15) is 57.7 Å². The van der Waals surface area contributed by atoms with Gasteiger partial charge in [0.05, 0.1) is 0 Å². The first-order valence-corrected chi connectivity index (χ1v) is 11.6. The van der Waals surface area contributed by atoms with Crippen LogP contribution in [0.5, 0.6) is 0 Å². The lowest BCUT2D eigenvalue weighted by molar-refractivity contribution is -0.122. The molecule has 2 aliphatic rings. The molecule has 1 aromatic heterocycles. The van der Waals surface area contributed by atoms with Crippen molar-refractivity contribution in [3.8, 4) is 0 Å². The fraction of sp³-hybridized carbons (Fsp3) is 0.565. The van der Waals surface area contributed by atoms with E-state index in [1.165, 1.54) is 5.70 Å². The Bertz CT molecular complexity index is 823. The van der Waals surface area contributed by atoms with Gasteiger partial charge >= 0.3 is 0 Å². The fourth-order valence-electron chi connectivity index (χ4n) is 3.97. The molecule has 2 atom stereocenters. The van der Waals surface area contributed by atoms with Crippen LogP contribution in [0.25, 0.3) is 5.57 Å². The number of hydrogen-bond acceptors (Lipinski definition) is 5. The molecule has 2 aliphatic heterocycles. The Hall–Kier alpha value is -1.92. The van der Waals surface area contributed by atoms with Crippen molar-refractivity contribution in [3.05, 3.63) is 45.8 Å². The van der Waals surface area contributed by atoms with Gasteiger partial charge in [-0.15, -0.1) is 11.3 Å². The predicted molar refractivity (Wildman–Crippen MR) is 121 cm³/mol. The Kier molecular flexibility index (Phi) is 7.30. The molecule has 0 aromatic carbocycles. The third-order valence-electron chi connectivity index (χ3n) is 5.53. The largest absolute Gasteiger partial charge is 0.371 e. The third kappa shape index (κ3) is 5.37. The number of allylic oxidation sites excluding steroid dienone is 4. The summed E-state index contributed by atoms with van der Waals surface area (Å²) < 4.78 is 0. The highest BCUT2D eigenvalue weighted by Gasteiger charge is 2.29. The standard InChI is InChI=1S/C23H34N4OS/c1-6-7-8-20-11-16(2)21(26-10-9-24-18(4)13-26)14-27(20)22(28)12-17(3)23-25-19(5)15-29-23/h8,12,14-16,18,24H,6-7,9-11,13H2,1-5H3/b17-12+,20-8+/t16?,18-/m0/s1. The molecule has 0 saturated carbocycles. The minimum atomic E-state index is 0.0188. The zero-order valence-electron chi connectivity index (χ0n) is 18.4. The summed E-state index contributed by atoms with van der Waals surface area (Å²) in [5, 5.41) is 6.45. The Labute approximate surface area is 179 Å². The molecular formula is C23H34N4OS. The van der Waals surface area contributed by atoms with E-state index in [4.69, 9.17) is 0 Å². The average Bonchev–Trinajstić information content (AvgIpc) is 3.12. The van der Waals surface area contributed by atoms with Crippen molar-refractivity contribution in [2.45, 2.75) is 59.9 Å². The van der Waals surface area contributed by atoms with Gasteiger partial charge in [0.25, 0.3) is 5.91 Å². The Morgan fingerprint density at radius 1 is 1.41 bits per heavy atom. The number of hydrogen-bond donors (Lipinski definition) is 1. The van der Waals surface area contributed by atoms with Gasteiger partial charge in [-0.05, 0) is 39.2 Å². The molecule has 1 unspecified atom stereocenters. The van der Waals surface area contributed by atoms with E-state index in [0.717, 1.165) is 60.9 Å². The lowest BCUT2D eigenvalue weighted by Crippen LogP contribution is -2.50. The minimum Gasteiger partial charge on any atom is -0.371 e. The molecule has 6 heteroatoms. The van der Waals surface area contributed by atoms with Gasteiger partial charge in [-0.2, -0.15) is 0 Å².